The zero-order valence-electron chi connectivity index (χ0n) is 21.5. The predicted molar refractivity (Wildman–Crippen MR) is 162 cm³/mol. The molecule has 0 unspecified atom stereocenters. The highest BCUT2D eigenvalue weighted by molar-refractivity contribution is 8.93. The molecule has 0 saturated carbocycles. The van der Waals surface area contributed by atoms with Crippen molar-refractivity contribution >= 4 is 39.6 Å². The molecular formula is C31H33BrN2O2S. The molecule has 4 nitrogen and oxygen atoms in total. The van der Waals surface area contributed by atoms with E-state index in [0.717, 1.165) is 41.2 Å². The second kappa shape index (κ2) is 14.5. The molecule has 0 amide bonds. The van der Waals surface area contributed by atoms with Gasteiger partial charge in [-0.25, -0.2) is 4.99 Å². The van der Waals surface area contributed by atoms with E-state index in [0.29, 0.717) is 0 Å². The van der Waals surface area contributed by atoms with Gasteiger partial charge < -0.3 is 14.4 Å². The molecule has 4 rings (SSSR count). The largest absolute Gasteiger partial charge is 0.497 e. The van der Waals surface area contributed by atoms with E-state index in [-0.39, 0.29) is 17.0 Å². The van der Waals surface area contributed by atoms with E-state index in [9.17, 15) is 0 Å². The summed E-state index contributed by atoms with van der Waals surface area (Å²) in [5.41, 5.74) is 5.83. The number of thioether (sulfide) groups is 1. The molecule has 0 spiro atoms. The zero-order chi connectivity index (χ0) is 25.2. The highest BCUT2D eigenvalue weighted by Gasteiger charge is 2.15. The quantitative estimate of drug-likeness (QED) is 0.148. The Bertz CT molecular complexity index is 1200. The first-order valence-corrected chi connectivity index (χ1v) is 12.9. The minimum Gasteiger partial charge on any atom is -0.497 e. The lowest BCUT2D eigenvalue weighted by atomic mass is 10.1. The molecular weight excluding hydrogens is 544 g/mol. The van der Waals surface area contributed by atoms with Crippen molar-refractivity contribution < 1.29 is 9.47 Å². The van der Waals surface area contributed by atoms with Crippen LogP contribution in [0, 0.1) is 6.92 Å². The van der Waals surface area contributed by atoms with Gasteiger partial charge in [-0.15, -0.1) is 17.0 Å². The Morgan fingerprint density at radius 3 is 1.68 bits per heavy atom. The average molecular weight is 578 g/mol. The SMILES string of the molecule is Br.COc1ccc(CN(Cc2ccc(OC)cc2)C(=Nc2ccc(C)cc2)SCc2ccccc2)cc1. The van der Waals surface area contributed by atoms with Crippen LogP contribution in [0.5, 0.6) is 11.5 Å². The molecule has 0 heterocycles. The van der Waals surface area contributed by atoms with Gasteiger partial charge in [0.25, 0.3) is 0 Å². The number of hydrogen-bond donors (Lipinski definition) is 0. The summed E-state index contributed by atoms with van der Waals surface area (Å²) in [4.78, 5) is 7.48. The van der Waals surface area contributed by atoms with Crippen molar-refractivity contribution in [3.8, 4) is 11.5 Å². The van der Waals surface area contributed by atoms with Gasteiger partial charge in [0, 0.05) is 18.8 Å². The number of rotatable bonds is 9. The lowest BCUT2D eigenvalue weighted by molar-refractivity contribution is 0.405. The number of benzene rings is 4. The Morgan fingerprint density at radius 2 is 1.19 bits per heavy atom. The van der Waals surface area contributed by atoms with Gasteiger partial charge in [-0.2, -0.15) is 0 Å². The fourth-order valence-corrected chi connectivity index (χ4v) is 4.71. The average Bonchev–Trinajstić information content (AvgIpc) is 2.93. The number of methoxy groups -OCH3 is 2. The summed E-state index contributed by atoms with van der Waals surface area (Å²) < 4.78 is 10.7. The lowest BCUT2D eigenvalue weighted by Gasteiger charge is -2.26. The first-order chi connectivity index (χ1) is 17.6. The molecule has 6 heteroatoms. The summed E-state index contributed by atoms with van der Waals surface area (Å²) in [6.45, 7) is 3.54. The van der Waals surface area contributed by atoms with Crippen LogP contribution < -0.4 is 9.47 Å². The van der Waals surface area contributed by atoms with Crippen LogP contribution in [0.15, 0.2) is 108 Å². The van der Waals surface area contributed by atoms with Crippen LogP contribution in [-0.2, 0) is 18.8 Å². The van der Waals surface area contributed by atoms with Crippen LogP contribution in [0.3, 0.4) is 0 Å². The normalized spacial score (nSPS) is 10.9. The number of hydrogen-bond acceptors (Lipinski definition) is 4. The van der Waals surface area contributed by atoms with Gasteiger partial charge in [-0.3, -0.25) is 0 Å². The smallest absolute Gasteiger partial charge is 0.165 e. The summed E-state index contributed by atoms with van der Waals surface area (Å²) >= 11 is 1.76. The van der Waals surface area contributed by atoms with Crippen LogP contribution in [0.4, 0.5) is 5.69 Å². The Morgan fingerprint density at radius 1 is 0.676 bits per heavy atom. The third kappa shape index (κ3) is 8.69. The molecule has 0 aromatic heterocycles. The first-order valence-electron chi connectivity index (χ1n) is 12.0. The summed E-state index contributed by atoms with van der Waals surface area (Å²) in [5.74, 6) is 2.55. The Hall–Kier alpha value is -3.22. The van der Waals surface area contributed by atoms with Gasteiger partial charge in [-0.1, -0.05) is 84.1 Å². The van der Waals surface area contributed by atoms with Crippen molar-refractivity contribution in [3.63, 3.8) is 0 Å². The van der Waals surface area contributed by atoms with Crippen LogP contribution in [0.1, 0.15) is 22.3 Å². The second-order valence-electron chi connectivity index (χ2n) is 8.56. The molecule has 4 aromatic carbocycles. The minimum absolute atomic E-state index is 0. The fourth-order valence-electron chi connectivity index (χ4n) is 3.74. The third-order valence-electron chi connectivity index (χ3n) is 5.80. The summed E-state index contributed by atoms with van der Waals surface area (Å²) in [6, 6.07) is 35.4. The first kappa shape index (κ1) is 28.4. The Kier molecular flexibility index (Phi) is 11.1. The number of nitrogens with zero attached hydrogens (tertiary/aromatic N) is 2. The highest BCUT2D eigenvalue weighted by Crippen LogP contribution is 2.25. The lowest BCUT2D eigenvalue weighted by Crippen LogP contribution is -2.28. The molecule has 4 aromatic rings. The molecule has 0 fully saturated rings. The molecule has 0 atom stereocenters. The van der Waals surface area contributed by atoms with Gasteiger partial charge in [-0.05, 0) is 60.0 Å². The molecule has 0 aliphatic carbocycles. The molecule has 37 heavy (non-hydrogen) atoms. The number of ether oxygens (including phenoxy) is 2. The molecule has 192 valence electrons. The van der Waals surface area contributed by atoms with Crippen LogP contribution in [-0.4, -0.2) is 24.3 Å². The van der Waals surface area contributed by atoms with Gasteiger partial charge in [0.2, 0.25) is 0 Å². The Balaban J connectivity index is 0.00000380. The number of aryl methyl sites for hydroxylation is 1. The van der Waals surface area contributed by atoms with Crippen LogP contribution in [0.25, 0.3) is 0 Å². The molecule has 0 aliphatic heterocycles. The maximum absolute atomic E-state index is 5.36. The van der Waals surface area contributed by atoms with Crippen LogP contribution >= 0.6 is 28.7 Å². The number of halogens is 1. The predicted octanol–water partition coefficient (Wildman–Crippen LogP) is 8.21. The molecule has 0 bridgehead atoms. The summed E-state index contributed by atoms with van der Waals surface area (Å²) in [5, 5.41) is 0.981. The monoisotopic (exact) mass is 576 g/mol. The van der Waals surface area contributed by atoms with E-state index >= 15 is 0 Å². The summed E-state index contributed by atoms with van der Waals surface area (Å²) in [6.07, 6.45) is 0. The van der Waals surface area contributed by atoms with Crippen molar-refractivity contribution in [1.82, 2.24) is 4.90 Å². The second-order valence-corrected chi connectivity index (χ2v) is 9.50. The zero-order valence-corrected chi connectivity index (χ0v) is 24.0. The Labute approximate surface area is 235 Å². The molecule has 0 saturated heterocycles. The van der Waals surface area contributed by atoms with Crippen molar-refractivity contribution in [2.45, 2.75) is 25.8 Å². The summed E-state index contributed by atoms with van der Waals surface area (Å²) in [7, 11) is 3.38. The molecule has 0 N–H and O–H groups in total. The van der Waals surface area contributed by atoms with E-state index in [4.69, 9.17) is 14.5 Å². The van der Waals surface area contributed by atoms with Crippen molar-refractivity contribution in [1.29, 1.82) is 0 Å². The van der Waals surface area contributed by atoms with E-state index in [2.05, 4.69) is 90.7 Å². The van der Waals surface area contributed by atoms with E-state index in [1.165, 1.54) is 22.3 Å². The van der Waals surface area contributed by atoms with Gasteiger partial charge in [0.15, 0.2) is 5.17 Å². The van der Waals surface area contributed by atoms with Crippen molar-refractivity contribution in [2.75, 3.05) is 14.2 Å². The van der Waals surface area contributed by atoms with Crippen molar-refractivity contribution in [3.05, 3.63) is 125 Å². The van der Waals surface area contributed by atoms with Crippen molar-refractivity contribution in [2.24, 2.45) is 4.99 Å². The molecule has 0 aliphatic rings. The topological polar surface area (TPSA) is 34.1 Å². The number of aliphatic imine (C=N–C) groups is 1. The van der Waals surface area contributed by atoms with Gasteiger partial charge >= 0.3 is 0 Å². The third-order valence-corrected chi connectivity index (χ3v) is 6.89. The van der Waals surface area contributed by atoms with E-state index < -0.39 is 0 Å². The highest BCUT2D eigenvalue weighted by atomic mass is 79.9. The standard InChI is InChI=1S/C31H32N2O2S.BrH/c1-24-9-15-28(16-10-24)32-31(36-23-27-7-5-4-6-8-27)33(21-25-11-17-29(34-2)18-12-25)22-26-13-19-30(35-3)20-14-26;/h4-20H,21-23H2,1-3H3;1H. The van der Waals surface area contributed by atoms with Gasteiger partial charge in [0.05, 0.1) is 19.9 Å². The van der Waals surface area contributed by atoms with E-state index in [1.807, 2.05) is 24.3 Å². The maximum Gasteiger partial charge on any atom is 0.165 e. The van der Waals surface area contributed by atoms with E-state index in [1.54, 1.807) is 26.0 Å². The number of amidine groups is 1. The maximum atomic E-state index is 5.36. The fraction of sp³-hybridized carbons (Fsp3) is 0.194. The van der Waals surface area contributed by atoms with Gasteiger partial charge in [0.1, 0.15) is 11.5 Å². The molecule has 0 radical (unpaired) electrons. The minimum atomic E-state index is 0. The van der Waals surface area contributed by atoms with Crippen LogP contribution in [0.2, 0.25) is 0 Å².